The standard InChI is InChI=1S/C26H33BrN2O2/c1-18-12-13-19(2)22(14-18)16-25(30)29(17-21-8-7-9-23(27)15-21)20(3)26(31)28-24-10-5-4-6-11-24/h7-9,12-15,20,24H,4-6,10-11,16-17H2,1-3H3,(H,28,31)/t20-/m1/s1. The van der Waals surface area contributed by atoms with Gasteiger partial charge in [-0.15, -0.1) is 0 Å². The van der Waals surface area contributed by atoms with Crippen LogP contribution in [0.25, 0.3) is 0 Å². The second kappa shape index (κ2) is 10.9. The molecule has 2 aromatic rings. The van der Waals surface area contributed by atoms with E-state index in [4.69, 9.17) is 0 Å². The topological polar surface area (TPSA) is 49.4 Å². The number of halogens is 1. The highest BCUT2D eigenvalue weighted by Gasteiger charge is 2.28. The molecule has 31 heavy (non-hydrogen) atoms. The summed E-state index contributed by atoms with van der Waals surface area (Å²) in [5, 5.41) is 3.19. The van der Waals surface area contributed by atoms with E-state index in [0.29, 0.717) is 13.0 Å². The van der Waals surface area contributed by atoms with Gasteiger partial charge >= 0.3 is 0 Å². The van der Waals surface area contributed by atoms with Crippen molar-refractivity contribution in [3.8, 4) is 0 Å². The molecule has 0 saturated heterocycles. The van der Waals surface area contributed by atoms with E-state index in [1.807, 2.05) is 45.0 Å². The Hall–Kier alpha value is -2.14. The van der Waals surface area contributed by atoms with Crippen molar-refractivity contribution in [3.05, 3.63) is 69.2 Å². The molecule has 5 heteroatoms. The molecule has 1 aliphatic carbocycles. The molecule has 166 valence electrons. The van der Waals surface area contributed by atoms with E-state index in [1.165, 1.54) is 6.42 Å². The Bertz CT molecular complexity index is 921. The molecule has 0 heterocycles. The largest absolute Gasteiger partial charge is 0.352 e. The zero-order valence-electron chi connectivity index (χ0n) is 18.8. The van der Waals surface area contributed by atoms with Gasteiger partial charge in [-0.2, -0.15) is 0 Å². The smallest absolute Gasteiger partial charge is 0.242 e. The summed E-state index contributed by atoms with van der Waals surface area (Å²) >= 11 is 3.51. The van der Waals surface area contributed by atoms with E-state index in [2.05, 4.69) is 39.4 Å². The van der Waals surface area contributed by atoms with E-state index in [0.717, 1.165) is 52.4 Å². The SMILES string of the molecule is Cc1ccc(C)c(CC(=O)N(Cc2cccc(Br)c2)[C@H](C)C(=O)NC2CCCCC2)c1. The second-order valence-electron chi connectivity index (χ2n) is 8.78. The monoisotopic (exact) mass is 484 g/mol. The second-order valence-corrected chi connectivity index (χ2v) is 9.69. The zero-order chi connectivity index (χ0) is 22.4. The molecule has 1 atom stereocenters. The van der Waals surface area contributed by atoms with Crippen LogP contribution in [0, 0.1) is 13.8 Å². The molecular formula is C26H33BrN2O2. The summed E-state index contributed by atoms with van der Waals surface area (Å²) in [6, 6.07) is 13.8. The highest BCUT2D eigenvalue weighted by molar-refractivity contribution is 9.10. The van der Waals surface area contributed by atoms with Crippen LogP contribution in [0.1, 0.15) is 61.3 Å². The maximum atomic E-state index is 13.4. The minimum atomic E-state index is -0.529. The van der Waals surface area contributed by atoms with Gasteiger partial charge in [0, 0.05) is 17.1 Å². The van der Waals surface area contributed by atoms with Gasteiger partial charge in [0.2, 0.25) is 11.8 Å². The highest BCUT2D eigenvalue weighted by Crippen LogP contribution is 2.20. The van der Waals surface area contributed by atoms with Gasteiger partial charge in [-0.1, -0.05) is 71.1 Å². The summed E-state index contributed by atoms with van der Waals surface area (Å²) in [4.78, 5) is 28.2. The van der Waals surface area contributed by atoms with Gasteiger partial charge in [0.1, 0.15) is 6.04 Å². The summed E-state index contributed by atoms with van der Waals surface area (Å²) < 4.78 is 0.964. The van der Waals surface area contributed by atoms with Crippen molar-refractivity contribution >= 4 is 27.7 Å². The Morgan fingerprint density at radius 2 is 1.84 bits per heavy atom. The number of carbonyl (C=O) groups excluding carboxylic acids is 2. The van der Waals surface area contributed by atoms with Crippen molar-refractivity contribution in [1.82, 2.24) is 10.2 Å². The molecule has 0 bridgehead atoms. The number of aryl methyl sites for hydroxylation is 2. The third kappa shape index (κ3) is 6.67. The summed E-state index contributed by atoms with van der Waals surface area (Å²) in [6.07, 6.45) is 5.91. The molecule has 1 fully saturated rings. The maximum absolute atomic E-state index is 13.4. The molecule has 0 radical (unpaired) electrons. The number of hydrogen-bond acceptors (Lipinski definition) is 2. The number of amides is 2. The first-order chi connectivity index (χ1) is 14.8. The van der Waals surface area contributed by atoms with Crippen molar-refractivity contribution in [2.75, 3.05) is 0 Å². The van der Waals surface area contributed by atoms with Crippen LogP contribution < -0.4 is 5.32 Å². The first-order valence-electron chi connectivity index (χ1n) is 11.2. The van der Waals surface area contributed by atoms with Crippen LogP contribution in [0.4, 0.5) is 0 Å². The summed E-state index contributed by atoms with van der Waals surface area (Å²) in [7, 11) is 0. The Morgan fingerprint density at radius 3 is 2.55 bits per heavy atom. The number of carbonyl (C=O) groups is 2. The van der Waals surface area contributed by atoms with Crippen LogP contribution in [0.2, 0.25) is 0 Å². The molecule has 2 amide bonds. The van der Waals surface area contributed by atoms with E-state index in [-0.39, 0.29) is 17.9 Å². The molecule has 0 aromatic heterocycles. The zero-order valence-corrected chi connectivity index (χ0v) is 20.4. The molecule has 3 rings (SSSR count). The van der Waals surface area contributed by atoms with Gasteiger partial charge in [-0.25, -0.2) is 0 Å². The Labute approximate surface area is 194 Å². The summed E-state index contributed by atoms with van der Waals surface area (Å²) in [5.74, 6) is -0.0869. The molecule has 0 spiro atoms. The van der Waals surface area contributed by atoms with Gasteiger partial charge in [0.05, 0.1) is 6.42 Å². The first-order valence-corrected chi connectivity index (χ1v) is 12.0. The Morgan fingerprint density at radius 1 is 1.10 bits per heavy atom. The molecule has 1 N–H and O–H groups in total. The lowest BCUT2D eigenvalue weighted by Crippen LogP contribution is -2.50. The van der Waals surface area contributed by atoms with Crippen molar-refractivity contribution in [1.29, 1.82) is 0 Å². The predicted molar refractivity (Wildman–Crippen MR) is 129 cm³/mol. The minimum absolute atomic E-state index is 0.0278. The number of hydrogen-bond donors (Lipinski definition) is 1. The number of nitrogens with one attached hydrogen (secondary N) is 1. The lowest BCUT2D eigenvalue weighted by atomic mass is 9.95. The van der Waals surface area contributed by atoms with E-state index >= 15 is 0 Å². The first kappa shape index (κ1) is 23.5. The van der Waals surface area contributed by atoms with Gasteiger partial charge < -0.3 is 10.2 Å². The van der Waals surface area contributed by atoms with Crippen LogP contribution in [0.15, 0.2) is 46.9 Å². The fourth-order valence-corrected chi connectivity index (χ4v) is 4.69. The lowest BCUT2D eigenvalue weighted by molar-refractivity contribution is -0.140. The third-order valence-corrected chi connectivity index (χ3v) is 6.70. The van der Waals surface area contributed by atoms with Gasteiger partial charge in [0.15, 0.2) is 0 Å². The number of rotatable bonds is 7. The number of benzene rings is 2. The molecule has 1 saturated carbocycles. The third-order valence-electron chi connectivity index (χ3n) is 6.21. The highest BCUT2D eigenvalue weighted by atomic mass is 79.9. The van der Waals surface area contributed by atoms with Gasteiger partial charge in [0.25, 0.3) is 0 Å². The molecule has 0 unspecified atom stereocenters. The minimum Gasteiger partial charge on any atom is -0.352 e. The van der Waals surface area contributed by atoms with E-state index < -0.39 is 6.04 Å². The van der Waals surface area contributed by atoms with Crippen LogP contribution >= 0.6 is 15.9 Å². The molecular weight excluding hydrogens is 452 g/mol. The summed E-state index contributed by atoms with van der Waals surface area (Å²) in [6.45, 7) is 6.31. The summed E-state index contributed by atoms with van der Waals surface area (Å²) in [5.41, 5.74) is 4.25. The predicted octanol–water partition coefficient (Wildman–Crippen LogP) is 5.47. The van der Waals surface area contributed by atoms with Crippen molar-refractivity contribution in [3.63, 3.8) is 0 Å². The molecule has 1 aliphatic rings. The molecule has 0 aliphatic heterocycles. The van der Waals surface area contributed by atoms with Crippen LogP contribution in [0.3, 0.4) is 0 Å². The average molecular weight is 485 g/mol. The van der Waals surface area contributed by atoms with Crippen molar-refractivity contribution in [2.45, 2.75) is 77.9 Å². The molecule has 2 aromatic carbocycles. The van der Waals surface area contributed by atoms with Crippen LogP contribution in [0.5, 0.6) is 0 Å². The van der Waals surface area contributed by atoms with Crippen molar-refractivity contribution < 1.29 is 9.59 Å². The molecule has 4 nitrogen and oxygen atoms in total. The lowest BCUT2D eigenvalue weighted by Gasteiger charge is -2.31. The average Bonchev–Trinajstić information content (AvgIpc) is 2.75. The quantitative estimate of drug-likeness (QED) is 0.565. The Balaban J connectivity index is 1.79. The van der Waals surface area contributed by atoms with Crippen LogP contribution in [-0.4, -0.2) is 28.8 Å². The van der Waals surface area contributed by atoms with Crippen molar-refractivity contribution in [2.24, 2.45) is 0 Å². The van der Waals surface area contributed by atoms with Crippen LogP contribution in [-0.2, 0) is 22.6 Å². The normalized spacial score (nSPS) is 15.4. The fraction of sp³-hybridized carbons (Fsp3) is 0.462. The maximum Gasteiger partial charge on any atom is 0.242 e. The fourth-order valence-electron chi connectivity index (χ4n) is 4.24. The van der Waals surface area contributed by atoms with E-state index in [9.17, 15) is 9.59 Å². The number of nitrogens with zero attached hydrogens (tertiary/aromatic N) is 1. The Kier molecular flexibility index (Phi) is 8.30. The van der Waals surface area contributed by atoms with E-state index in [1.54, 1.807) is 4.90 Å². The van der Waals surface area contributed by atoms with Gasteiger partial charge in [-0.05, 0) is 62.4 Å². The van der Waals surface area contributed by atoms with Gasteiger partial charge in [-0.3, -0.25) is 9.59 Å².